The Morgan fingerprint density at radius 2 is 2.14 bits per heavy atom. The first-order valence-corrected chi connectivity index (χ1v) is 9.00. The summed E-state index contributed by atoms with van der Waals surface area (Å²) in [5, 5.41) is 2.77. The summed E-state index contributed by atoms with van der Waals surface area (Å²) in [5.74, 6) is -0.165. The number of carbonyl (C=O) groups is 1. The van der Waals surface area contributed by atoms with Gasteiger partial charge in [-0.05, 0) is 19.8 Å². The third-order valence-electron chi connectivity index (χ3n) is 3.68. The van der Waals surface area contributed by atoms with Crippen molar-refractivity contribution in [2.75, 3.05) is 32.5 Å². The van der Waals surface area contributed by atoms with Crippen LogP contribution >= 0.6 is 12.4 Å². The molecule has 1 aliphatic rings. The van der Waals surface area contributed by atoms with E-state index in [1.54, 1.807) is 6.92 Å². The van der Waals surface area contributed by atoms with Gasteiger partial charge in [0.2, 0.25) is 15.9 Å². The number of piperidine rings is 1. The maximum absolute atomic E-state index is 12.4. The van der Waals surface area contributed by atoms with Gasteiger partial charge in [0.25, 0.3) is 0 Å². The van der Waals surface area contributed by atoms with Gasteiger partial charge < -0.3 is 15.8 Å². The van der Waals surface area contributed by atoms with Gasteiger partial charge in [0, 0.05) is 39.2 Å². The molecule has 9 heteroatoms. The Labute approximate surface area is 139 Å². The van der Waals surface area contributed by atoms with Gasteiger partial charge in [-0.15, -0.1) is 12.4 Å². The molecule has 1 aliphatic heterocycles. The first-order chi connectivity index (χ1) is 9.90. The minimum absolute atomic E-state index is 0. The lowest BCUT2D eigenvalue weighted by Gasteiger charge is -2.35. The summed E-state index contributed by atoms with van der Waals surface area (Å²) < 4.78 is 31.5. The zero-order valence-corrected chi connectivity index (χ0v) is 14.9. The number of rotatable bonds is 8. The average Bonchev–Trinajstić information content (AvgIpc) is 2.45. The quantitative estimate of drug-likeness (QED) is 0.641. The molecule has 0 aliphatic carbocycles. The molecule has 1 heterocycles. The number of hydrogen-bond donors (Lipinski definition) is 2. The lowest BCUT2D eigenvalue weighted by molar-refractivity contribution is -0.121. The molecule has 2 unspecified atom stereocenters. The molecule has 7 nitrogen and oxygen atoms in total. The van der Waals surface area contributed by atoms with E-state index in [1.165, 1.54) is 11.4 Å². The molecular weight excluding hydrogens is 330 g/mol. The van der Waals surface area contributed by atoms with Crippen molar-refractivity contribution in [3.63, 3.8) is 0 Å². The summed E-state index contributed by atoms with van der Waals surface area (Å²) in [5.41, 5.74) is 5.32. The van der Waals surface area contributed by atoms with E-state index in [2.05, 4.69) is 5.32 Å². The van der Waals surface area contributed by atoms with Crippen LogP contribution in [0.4, 0.5) is 0 Å². The SMILES string of the molecule is COC(C)CS(=O)(=O)N1CCCCC1CNC(=O)CCN.Cl. The second-order valence-corrected chi connectivity index (χ2v) is 7.39. The smallest absolute Gasteiger partial charge is 0.221 e. The van der Waals surface area contributed by atoms with Crippen LogP contribution in [-0.4, -0.2) is 63.3 Å². The monoisotopic (exact) mass is 357 g/mol. The second kappa shape index (κ2) is 10.4. The zero-order chi connectivity index (χ0) is 15.9. The molecule has 132 valence electrons. The van der Waals surface area contributed by atoms with E-state index < -0.39 is 10.0 Å². The fourth-order valence-electron chi connectivity index (χ4n) is 2.46. The summed E-state index contributed by atoms with van der Waals surface area (Å²) in [6.07, 6.45) is 2.52. The van der Waals surface area contributed by atoms with Crippen molar-refractivity contribution in [2.24, 2.45) is 5.73 Å². The van der Waals surface area contributed by atoms with E-state index in [1.807, 2.05) is 0 Å². The molecule has 1 amide bonds. The highest BCUT2D eigenvalue weighted by Gasteiger charge is 2.33. The van der Waals surface area contributed by atoms with Gasteiger partial charge in [-0.2, -0.15) is 4.31 Å². The molecule has 22 heavy (non-hydrogen) atoms. The third kappa shape index (κ3) is 6.78. The molecule has 0 aromatic heterocycles. The summed E-state index contributed by atoms with van der Waals surface area (Å²) in [7, 11) is -1.87. The second-order valence-electron chi connectivity index (χ2n) is 5.43. The normalized spacial score (nSPS) is 21.0. The molecule has 3 N–H and O–H groups in total. The summed E-state index contributed by atoms with van der Waals surface area (Å²) >= 11 is 0. The number of carbonyl (C=O) groups excluding carboxylic acids is 1. The van der Waals surface area contributed by atoms with Crippen molar-refractivity contribution in [2.45, 2.75) is 44.8 Å². The van der Waals surface area contributed by atoms with Gasteiger partial charge in [0.15, 0.2) is 0 Å². The molecule has 1 saturated heterocycles. The van der Waals surface area contributed by atoms with Crippen LogP contribution in [0.2, 0.25) is 0 Å². The van der Waals surface area contributed by atoms with E-state index in [-0.39, 0.29) is 42.6 Å². The lowest BCUT2D eigenvalue weighted by Crippen LogP contribution is -2.51. The van der Waals surface area contributed by atoms with Crippen LogP contribution in [0.25, 0.3) is 0 Å². The molecule has 0 aromatic carbocycles. The highest BCUT2D eigenvalue weighted by molar-refractivity contribution is 7.89. The van der Waals surface area contributed by atoms with E-state index in [4.69, 9.17) is 10.5 Å². The topological polar surface area (TPSA) is 102 Å². The molecule has 2 atom stereocenters. The summed E-state index contributed by atoms with van der Waals surface area (Å²) in [6, 6.07) is -0.172. The highest BCUT2D eigenvalue weighted by Crippen LogP contribution is 2.21. The van der Waals surface area contributed by atoms with Gasteiger partial charge >= 0.3 is 0 Å². The molecule has 0 bridgehead atoms. The van der Waals surface area contributed by atoms with Crippen molar-refractivity contribution in [1.82, 2.24) is 9.62 Å². The molecule has 0 aromatic rings. The standard InChI is InChI=1S/C13H27N3O4S.ClH/c1-11(20-2)10-21(18,19)16-8-4-3-5-12(16)9-15-13(17)6-7-14;/h11-12H,3-10,14H2,1-2H3,(H,15,17);1H. The number of sulfonamides is 1. The van der Waals surface area contributed by atoms with Gasteiger partial charge in [-0.25, -0.2) is 8.42 Å². The number of ether oxygens (including phenoxy) is 1. The van der Waals surface area contributed by atoms with Crippen LogP contribution < -0.4 is 11.1 Å². The fourth-order valence-corrected chi connectivity index (χ4v) is 4.42. The number of nitrogens with two attached hydrogens (primary N) is 1. The lowest BCUT2D eigenvalue weighted by atomic mass is 10.1. The Morgan fingerprint density at radius 3 is 2.73 bits per heavy atom. The number of methoxy groups -OCH3 is 1. The molecule has 0 saturated carbocycles. The fraction of sp³-hybridized carbons (Fsp3) is 0.923. The average molecular weight is 358 g/mol. The van der Waals surface area contributed by atoms with Crippen molar-refractivity contribution < 1.29 is 17.9 Å². The zero-order valence-electron chi connectivity index (χ0n) is 13.3. The van der Waals surface area contributed by atoms with Gasteiger partial charge in [-0.3, -0.25) is 4.79 Å². The Hall–Kier alpha value is -0.410. The van der Waals surface area contributed by atoms with Crippen molar-refractivity contribution >= 4 is 28.3 Å². The Morgan fingerprint density at radius 1 is 1.45 bits per heavy atom. The number of nitrogens with zero attached hydrogens (tertiary/aromatic N) is 1. The minimum atomic E-state index is -3.37. The number of hydrogen-bond acceptors (Lipinski definition) is 5. The Kier molecular flexibility index (Phi) is 10.2. The predicted molar refractivity (Wildman–Crippen MR) is 88.5 cm³/mol. The van der Waals surface area contributed by atoms with Crippen molar-refractivity contribution in [3.8, 4) is 0 Å². The molecular formula is C13H28ClN3O4S. The van der Waals surface area contributed by atoms with Gasteiger partial charge in [0.1, 0.15) is 0 Å². The van der Waals surface area contributed by atoms with Crippen LogP contribution in [-0.2, 0) is 19.6 Å². The largest absolute Gasteiger partial charge is 0.381 e. The Bertz CT molecular complexity index is 433. The number of halogens is 1. The first-order valence-electron chi connectivity index (χ1n) is 7.39. The maximum atomic E-state index is 12.4. The number of nitrogens with one attached hydrogen (secondary N) is 1. The van der Waals surface area contributed by atoms with Gasteiger partial charge in [0.05, 0.1) is 11.9 Å². The minimum Gasteiger partial charge on any atom is -0.381 e. The maximum Gasteiger partial charge on any atom is 0.221 e. The molecule has 0 spiro atoms. The van der Waals surface area contributed by atoms with E-state index in [0.717, 1.165) is 19.3 Å². The van der Waals surface area contributed by atoms with E-state index in [0.29, 0.717) is 19.6 Å². The van der Waals surface area contributed by atoms with Gasteiger partial charge in [-0.1, -0.05) is 6.42 Å². The Balaban J connectivity index is 0.00000441. The molecule has 0 radical (unpaired) electrons. The van der Waals surface area contributed by atoms with Crippen LogP contribution in [0.15, 0.2) is 0 Å². The molecule has 1 fully saturated rings. The summed E-state index contributed by atoms with van der Waals surface area (Å²) in [4.78, 5) is 11.5. The first kappa shape index (κ1) is 21.6. The van der Waals surface area contributed by atoms with Crippen LogP contribution in [0.3, 0.4) is 0 Å². The van der Waals surface area contributed by atoms with Crippen LogP contribution in [0, 0.1) is 0 Å². The summed E-state index contributed by atoms with van der Waals surface area (Å²) in [6.45, 7) is 2.89. The van der Waals surface area contributed by atoms with E-state index >= 15 is 0 Å². The molecule has 1 rings (SSSR count). The predicted octanol–water partition coefficient (Wildman–Crippen LogP) is 0.0924. The third-order valence-corrected chi connectivity index (χ3v) is 5.77. The van der Waals surface area contributed by atoms with Crippen molar-refractivity contribution in [3.05, 3.63) is 0 Å². The van der Waals surface area contributed by atoms with Crippen molar-refractivity contribution in [1.29, 1.82) is 0 Å². The van der Waals surface area contributed by atoms with Crippen LogP contribution in [0.5, 0.6) is 0 Å². The highest BCUT2D eigenvalue weighted by atomic mass is 35.5. The number of amides is 1. The van der Waals surface area contributed by atoms with E-state index in [9.17, 15) is 13.2 Å². The van der Waals surface area contributed by atoms with Crippen LogP contribution in [0.1, 0.15) is 32.6 Å².